The highest BCUT2D eigenvalue weighted by molar-refractivity contribution is 5.25. The second-order valence-electron chi connectivity index (χ2n) is 7.56. The summed E-state index contributed by atoms with van der Waals surface area (Å²) in [5.41, 5.74) is 1.30. The minimum Gasteiger partial charge on any atom is -0.301 e. The predicted molar refractivity (Wildman–Crippen MR) is 102 cm³/mol. The minimum absolute atomic E-state index is 0.145. The second-order valence-corrected chi connectivity index (χ2v) is 7.56. The summed E-state index contributed by atoms with van der Waals surface area (Å²) < 4.78 is 2.14. The first-order valence-corrected chi connectivity index (χ1v) is 10.2. The Balaban J connectivity index is 1.65. The topological polar surface area (TPSA) is 50.1 Å². The van der Waals surface area contributed by atoms with Crippen molar-refractivity contribution in [3.63, 3.8) is 0 Å². The molecule has 140 valence electrons. The molecule has 0 amide bonds. The molecule has 1 aromatic heterocycles. The number of nitrogens with zero attached hydrogens (tertiary/aromatic N) is 6. The summed E-state index contributed by atoms with van der Waals surface area (Å²) in [6.45, 7) is 7.73. The van der Waals surface area contributed by atoms with E-state index in [9.17, 15) is 0 Å². The van der Waals surface area contributed by atoms with Gasteiger partial charge in [0.15, 0.2) is 5.82 Å². The van der Waals surface area contributed by atoms with Crippen molar-refractivity contribution in [3.8, 4) is 0 Å². The van der Waals surface area contributed by atoms with Crippen molar-refractivity contribution in [2.45, 2.75) is 51.1 Å². The highest BCUT2D eigenvalue weighted by Gasteiger charge is 2.32. The largest absolute Gasteiger partial charge is 0.301 e. The zero-order valence-electron chi connectivity index (χ0n) is 15.8. The van der Waals surface area contributed by atoms with Crippen molar-refractivity contribution in [3.05, 3.63) is 41.7 Å². The highest BCUT2D eigenvalue weighted by Crippen LogP contribution is 2.33. The Bertz CT molecular complexity index is 671. The van der Waals surface area contributed by atoms with E-state index in [4.69, 9.17) is 0 Å². The maximum absolute atomic E-state index is 4.53. The zero-order valence-corrected chi connectivity index (χ0v) is 15.8. The van der Waals surface area contributed by atoms with Gasteiger partial charge in [-0.2, -0.15) is 0 Å². The fourth-order valence-electron chi connectivity index (χ4n) is 4.46. The predicted octanol–water partition coefficient (Wildman–Crippen LogP) is 2.91. The fourth-order valence-corrected chi connectivity index (χ4v) is 4.46. The standard InChI is InChI=1S/C20H30N6/c1-2-24-13-15-25(16-14-24)19(17-9-5-3-6-10-17)20-21-22-23-26(20)18-11-7-4-8-12-18/h3,5-6,9-10,18-19H,2,4,7-8,11-16H2,1H3. The van der Waals surface area contributed by atoms with Crippen LogP contribution in [0, 0.1) is 0 Å². The third-order valence-electron chi connectivity index (χ3n) is 6.02. The van der Waals surface area contributed by atoms with Crippen molar-refractivity contribution in [2.24, 2.45) is 0 Å². The number of hydrogen-bond acceptors (Lipinski definition) is 5. The molecule has 0 spiro atoms. The van der Waals surface area contributed by atoms with E-state index in [0.717, 1.165) is 38.5 Å². The van der Waals surface area contributed by atoms with E-state index in [2.05, 4.69) is 67.3 Å². The Morgan fingerprint density at radius 3 is 2.42 bits per heavy atom. The van der Waals surface area contributed by atoms with Crippen molar-refractivity contribution >= 4 is 0 Å². The lowest BCUT2D eigenvalue weighted by molar-refractivity contribution is 0.107. The summed E-state index contributed by atoms with van der Waals surface area (Å²) in [6, 6.07) is 11.4. The molecule has 1 saturated heterocycles. The lowest BCUT2D eigenvalue weighted by Gasteiger charge is -2.39. The van der Waals surface area contributed by atoms with Crippen LogP contribution < -0.4 is 0 Å². The number of tetrazole rings is 1. The number of aromatic nitrogens is 4. The van der Waals surface area contributed by atoms with Gasteiger partial charge in [0.05, 0.1) is 12.1 Å². The molecule has 1 saturated carbocycles. The van der Waals surface area contributed by atoms with Crippen LogP contribution in [0.15, 0.2) is 30.3 Å². The number of rotatable bonds is 5. The van der Waals surface area contributed by atoms with Gasteiger partial charge in [-0.15, -0.1) is 5.10 Å². The van der Waals surface area contributed by atoms with Crippen LogP contribution in [0.5, 0.6) is 0 Å². The van der Waals surface area contributed by atoms with Crippen LogP contribution in [0.4, 0.5) is 0 Å². The van der Waals surface area contributed by atoms with E-state index in [1.807, 2.05) is 0 Å². The van der Waals surface area contributed by atoms with Gasteiger partial charge in [-0.1, -0.05) is 56.5 Å². The van der Waals surface area contributed by atoms with Crippen molar-refractivity contribution < 1.29 is 0 Å². The van der Waals surface area contributed by atoms with Crippen LogP contribution in [0.2, 0.25) is 0 Å². The summed E-state index contributed by atoms with van der Waals surface area (Å²) >= 11 is 0. The van der Waals surface area contributed by atoms with Crippen LogP contribution in [0.3, 0.4) is 0 Å². The maximum Gasteiger partial charge on any atom is 0.173 e. The Labute approximate surface area is 156 Å². The van der Waals surface area contributed by atoms with E-state index in [1.165, 1.54) is 37.7 Å². The lowest BCUT2D eigenvalue weighted by Crippen LogP contribution is -2.48. The second kappa shape index (κ2) is 8.27. The quantitative estimate of drug-likeness (QED) is 0.826. The SMILES string of the molecule is CCN1CCN(C(c2ccccc2)c2nnnn2C2CCCCC2)CC1. The van der Waals surface area contributed by atoms with Gasteiger partial charge in [0.1, 0.15) is 0 Å². The van der Waals surface area contributed by atoms with Gasteiger partial charge >= 0.3 is 0 Å². The molecule has 6 nitrogen and oxygen atoms in total. The van der Waals surface area contributed by atoms with Crippen molar-refractivity contribution in [1.82, 2.24) is 30.0 Å². The van der Waals surface area contributed by atoms with Crippen LogP contribution in [0.25, 0.3) is 0 Å². The smallest absolute Gasteiger partial charge is 0.173 e. The molecule has 2 heterocycles. The molecule has 0 radical (unpaired) electrons. The molecule has 1 aliphatic heterocycles. The molecule has 0 bridgehead atoms. The molecule has 0 N–H and O–H groups in total. The Morgan fingerprint density at radius 2 is 1.73 bits per heavy atom. The fraction of sp³-hybridized carbons (Fsp3) is 0.650. The van der Waals surface area contributed by atoms with E-state index < -0.39 is 0 Å². The highest BCUT2D eigenvalue weighted by atomic mass is 15.6. The maximum atomic E-state index is 4.53. The third-order valence-corrected chi connectivity index (χ3v) is 6.02. The first-order chi connectivity index (χ1) is 12.9. The molecule has 4 rings (SSSR count). The molecule has 1 unspecified atom stereocenters. The summed E-state index contributed by atoms with van der Waals surface area (Å²) in [4.78, 5) is 5.08. The molecule has 2 aromatic rings. The number of hydrogen-bond donors (Lipinski definition) is 0. The number of benzene rings is 1. The van der Waals surface area contributed by atoms with Crippen LogP contribution in [0.1, 0.15) is 62.5 Å². The van der Waals surface area contributed by atoms with E-state index >= 15 is 0 Å². The third kappa shape index (κ3) is 3.67. The van der Waals surface area contributed by atoms with Gasteiger partial charge in [-0.3, -0.25) is 4.90 Å². The lowest BCUT2D eigenvalue weighted by atomic mass is 9.95. The molecular weight excluding hydrogens is 324 g/mol. The molecule has 1 aromatic carbocycles. The van der Waals surface area contributed by atoms with Gasteiger partial charge < -0.3 is 4.90 Å². The van der Waals surface area contributed by atoms with Crippen molar-refractivity contribution in [1.29, 1.82) is 0 Å². The number of piperazine rings is 1. The van der Waals surface area contributed by atoms with Gasteiger partial charge in [0.2, 0.25) is 0 Å². The molecule has 26 heavy (non-hydrogen) atoms. The van der Waals surface area contributed by atoms with Crippen LogP contribution in [-0.2, 0) is 0 Å². The normalized spacial score (nSPS) is 21.7. The Morgan fingerprint density at radius 1 is 1.00 bits per heavy atom. The molecule has 1 aliphatic carbocycles. The average molecular weight is 355 g/mol. The van der Waals surface area contributed by atoms with E-state index in [1.54, 1.807) is 0 Å². The summed E-state index contributed by atoms with van der Waals surface area (Å²) in [6.07, 6.45) is 6.31. The van der Waals surface area contributed by atoms with Gasteiger partial charge in [-0.25, -0.2) is 4.68 Å². The van der Waals surface area contributed by atoms with Gasteiger partial charge in [-0.05, 0) is 35.4 Å². The molecule has 2 fully saturated rings. The molecule has 2 aliphatic rings. The molecule has 1 atom stereocenters. The van der Waals surface area contributed by atoms with E-state index in [-0.39, 0.29) is 6.04 Å². The Kier molecular flexibility index (Phi) is 5.60. The zero-order chi connectivity index (χ0) is 17.8. The average Bonchev–Trinajstić information content (AvgIpc) is 3.19. The van der Waals surface area contributed by atoms with Crippen LogP contribution in [-0.4, -0.2) is 62.7 Å². The molecular formula is C20H30N6. The Hall–Kier alpha value is -1.79. The monoisotopic (exact) mass is 354 g/mol. The first kappa shape index (κ1) is 17.6. The van der Waals surface area contributed by atoms with Crippen molar-refractivity contribution in [2.75, 3.05) is 32.7 Å². The minimum atomic E-state index is 0.145. The molecule has 6 heteroatoms. The summed E-state index contributed by atoms with van der Waals surface area (Å²) in [5, 5.41) is 13.1. The van der Waals surface area contributed by atoms with Gasteiger partial charge in [0.25, 0.3) is 0 Å². The first-order valence-electron chi connectivity index (χ1n) is 10.2. The summed E-state index contributed by atoms with van der Waals surface area (Å²) in [5.74, 6) is 1.02. The van der Waals surface area contributed by atoms with Crippen LogP contribution >= 0.6 is 0 Å². The van der Waals surface area contributed by atoms with Gasteiger partial charge in [0, 0.05) is 26.2 Å². The number of likely N-dealkylation sites (N-methyl/N-ethyl adjacent to an activating group) is 1. The van der Waals surface area contributed by atoms with E-state index in [0.29, 0.717) is 6.04 Å². The summed E-state index contributed by atoms with van der Waals surface area (Å²) in [7, 11) is 0.